The maximum atomic E-state index is 13.3. The predicted octanol–water partition coefficient (Wildman–Crippen LogP) is 4.12. The van der Waals surface area contributed by atoms with E-state index in [1.54, 1.807) is 13.2 Å². The third-order valence-corrected chi connectivity index (χ3v) is 5.39. The smallest absolute Gasteiger partial charge is 0.231 e. The Morgan fingerprint density at radius 1 is 1.24 bits per heavy atom. The lowest BCUT2D eigenvalue weighted by Gasteiger charge is -2.41. The number of benzene rings is 1. The Bertz CT molecular complexity index is 868. The van der Waals surface area contributed by atoms with Crippen molar-refractivity contribution in [2.24, 2.45) is 5.92 Å². The average molecular weight is 396 g/mol. The Kier molecular flexibility index (Phi) is 6.86. The van der Waals surface area contributed by atoms with Gasteiger partial charge in [-0.25, -0.2) is 4.98 Å². The third kappa shape index (κ3) is 4.75. The number of hydrogen-bond acceptors (Lipinski definition) is 4. The van der Waals surface area contributed by atoms with Crippen LogP contribution in [0.15, 0.2) is 42.5 Å². The van der Waals surface area contributed by atoms with Crippen LogP contribution < -0.4 is 10.1 Å². The summed E-state index contributed by atoms with van der Waals surface area (Å²) in [5, 5.41) is 2.95. The van der Waals surface area contributed by atoms with E-state index in [1.165, 1.54) is 0 Å². The van der Waals surface area contributed by atoms with Gasteiger partial charge < -0.3 is 15.0 Å². The molecule has 1 N–H and O–H groups in total. The maximum absolute atomic E-state index is 13.3. The number of ether oxygens (including phenoxy) is 1. The van der Waals surface area contributed by atoms with Gasteiger partial charge in [-0.3, -0.25) is 9.59 Å². The first-order valence-corrected chi connectivity index (χ1v) is 10.2. The van der Waals surface area contributed by atoms with Crippen LogP contribution in [0.2, 0.25) is 0 Å². The van der Waals surface area contributed by atoms with Gasteiger partial charge in [-0.2, -0.15) is 0 Å². The Balaban J connectivity index is 1.96. The second-order valence-electron chi connectivity index (χ2n) is 7.43. The fourth-order valence-corrected chi connectivity index (χ4v) is 3.95. The number of carbonyl (C=O) groups excluding carboxylic acids is 2. The number of anilines is 1. The molecule has 2 atom stereocenters. The SMILES string of the molecule is CCCCN1C(=O)CC[C@@H](C(=O)Nc2cccc(C)n2)[C@@H]1c1ccccc1OC. The lowest BCUT2D eigenvalue weighted by molar-refractivity contribution is -0.142. The number of aromatic nitrogens is 1. The van der Waals surface area contributed by atoms with E-state index in [0.717, 1.165) is 24.1 Å². The van der Waals surface area contributed by atoms with Crippen LogP contribution in [-0.2, 0) is 9.59 Å². The van der Waals surface area contributed by atoms with Gasteiger partial charge in [0.1, 0.15) is 11.6 Å². The van der Waals surface area contributed by atoms with Gasteiger partial charge in [-0.1, -0.05) is 37.6 Å². The fraction of sp³-hybridized carbons (Fsp3) is 0.435. The van der Waals surface area contributed by atoms with Crippen molar-refractivity contribution in [1.82, 2.24) is 9.88 Å². The second kappa shape index (κ2) is 9.54. The predicted molar refractivity (Wildman–Crippen MR) is 113 cm³/mol. The monoisotopic (exact) mass is 395 g/mol. The number of aryl methyl sites for hydroxylation is 1. The van der Waals surface area contributed by atoms with Gasteiger partial charge in [0.25, 0.3) is 0 Å². The van der Waals surface area contributed by atoms with E-state index in [0.29, 0.717) is 31.0 Å². The molecule has 1 aliphatic heterocycles. The molecule has 29 heavy (non-hydrogen) atoms. The van der Waals surface area contributed by atoms with Gasteiger partial charge in [0.2, 0.25) is 11.8 Å². The number of hydrogen-bond donors (Lipinski definition) is 1. The highest BCUT2D eigenvalue weighted by atomic mass is 16.5. The van der Waals surface area contributed by atoms with E-state index in [-0.39, 0.29) is 23.8 Å². The molecule has 0 aliphatic carbocycles. The molecule has 3 rings (SSSR count). The summed E-state index contributed by atoms with van der Waals surface area (Å²) in [5.41, 5.74) is 1.71. The molecule has 1 fully saturated rings. The number of para-hydroxylation sites is 1. The number of pyridine rings is 1. The highest BCUT2D eigenvalue weighted by molar-refractivity contribution is 5.94. The minimum absolute atomic E-state index is 0.0899. The number of rotatable bonds is 7. The lowest BCUT2D eigenvalue weighted by Crippen LogP contribution is -2.47. The average Bonchev–Trinajstić information content (AvgIpc) is 2.72. The summed E-state index contributed by atoms with van der Waals surface area (Å²) in [4.78, 5) is 32.3. The first kappa shape index (κ1) is 20.8. The maximum Gasteiger partial charge on any atom is 0.231 e. The molecular weight excluding hydrogens is 366 g/mol. The summed E-state index contributed by atoms with van der Waals surface area (Å²) in [6.07, 6.45) is 2.74. The molecule has 0 radical (unpaired) electrons. The molecule has 0 unspecified atom stereocenters. The quantitative estimate of drug-likeness (QED) is 0.766. The van der Waals surface area contributed by atoms with Gasteiger partial charge in [-0.05, 0) is 38.0 Å². The zero-order valence-electron chi connectivity index (χ0n) is 17.4. The molecule has 2 amide bonds. The largest absolute Gasteiger partial charge is 0.496 e. The molecular formula is C23H29N3O3. The summed E-state index contributed by atoms with van der Waals surface area (Å²) in [7, 11) is 1.62. The molecule has 6 heteroatoms. The Hall–Kier alpha value is -2.89. The zero-order chi connectivity index (χ0) is 20.8. The van der Waals surface area contributed by atoms with E-state index in [4.69, 9.17) is 4.74 Å². The fourth-order valence-electron chi connectivity index (χ4n) is 3.95. The van der Waals surface area contributed by atoms with Gasteiger partial charge in [0.05, 0.1) is 19.1 Å². The van der Waals surface area contributed by atoms with Crippen LogP contribution in [0.5, 0.6) is 5.75 Å². The minimum atomic E-state index is -0.372. The van der Waals surface area contributed by atoms with Crippen LogP contribution in [0, 0.1) is 12.8 Å². The molecule has 154 valence electrons. The van der Waals surface area contributed by atoms with Crippen molar-refractivity contribution in [3.8, 4) is 5.75 Å². The van der Waals surface area contributed by atoms with Crippen molar-refractivity contribution in [1.29, 1.82) is 0 Å². The minimum Gasteiger partial charge on any atom is -0.496 e. The van der Waals surface area contributed by atoms with Gasteiger partial charge >= 0.3 is 0 Å². The van der Waals surface area contributed by atoms with Crippen molar-refractivity contribution < 1.29 is 14.3 Å². The first-order chi connectivity index (χ1) is 14.0. The van der Waals surface area contributed by atoms with E-state index in [9.17, 15) is 9.59 Å². The van der Waals surface area contributed by atoms with Crippen LogP contribution in [-0.4, -0.2) is 35.4 Å². The Labute approximate surface area is 172 Å². The van der Waals surface area contributed by atoms with Gasteiger partial charge in [0.15, 0.2) is 0 Å². The molecule has 0 spiro atoms. The van der Waals surface area contributed by atoms with E-state index < -0.39 is 0 Å². The van der Waals surface area contributed by atoms with Crippen molar-refractivity contribution >= 4 is 17.6 Å². The standard InChI is InChI=1S/C23H29N3O3/c1-4-5-15-26-21(27)14-13-18(22(26)17-10-6-7-11-19(17)29-3)23(28)25-20-12-8-9-16(2)24-20/h6-12,18,22H,4-5,13-15H2,1-3H3,(H,24,25,28)/t18-,22+/m1/s1. The number of carbonyl (C=O) groups is 2. The van der Waals surface area contributed by atoms with Gasteiger partial charge in [0, 0.05) is 24.2 Å². The number of nitrogens with one attached hydrogen (secondary N) is 1. The van der Waals surface area contributed by atoms with Crippen molar-refractivity contribution in [3.63, 3.8) is 0 Å². The van der Waals surface area contributed by atoms with Crippen molar-refractivity contribution in [2.45, 2.75) is 45.6 Å². The molecule has 1 aromatic heterocycles. The van der Waals surface area contributed by atoms with E-state index >= 15 is 0 Å². The molecule has 2 heterocycles. The van der Waals surface area contributed by atoms with Crippen LogP contribution in [0.3, 0.4) is 0 Å². The number of methoxy groups -OCH3 is 1. The van der Waals surface area contributed by atoms with Crippen LogP contribution in [0.25, 0.3) is 0 Å². The summed E-state index contributed by atoms with van der Waals surface area (Å²) in [5.74, 6) is 0.828. The number of likely N-dealkylation sites (tertiary alicyclic amines) is 1. The Morgan fingerprint density at radius 3 is 2.76 bits per heavy atom. The number of piperidine rings is 1. The molecule has 1 saturated heterocycles. The lowest BCUT2D eigenvalue weighted by atomic mass is 9.83. The van der Waals surface area contributed by atoms with Crippen molar-refractivity contribution in [3.05, 3.63) is 53.7 Å². The highest BCUT2D eigenvalue weighted by Gasteiger charge is 2.41. The number of amides is 2. The molecule has 0 saturated carbocycles. The summed E-state index contributed by atoms with van der Waals surface area (Å²) < 4.78 is 5.57. The summed E-state index contributed by atoms with van der Waals surface area (Å²) >= 11 is 0. The number of unbranched alkanes of at least 4 members (excludes halogenated alkanes) is 1. The van der Waals surface area contributed by atoms with E-state index in [1.807, 2.05) is 48.2 Å². The summed E-state index contributed by atoms with van der Waals surface area (Å²) in [6, 6.07) is 12.8. The Morgan fingerprint density at radius 2 is 2.03 bits per heavy atom. The highest BCUT2D eigenvalue weighted by Crippen LogP contribution is 2.41. The number of nitrogens with zero attached hydrogens (tertiary/aromatic N) is 2. The normalized spacial score (nSPS) is 19.1. The first-order valence-electron chi connectivity index (χ1n) is 10.2. The third-order valence-electron chi connectivity index (χ3n) is 5.39. The van der Waals surface area contributed by atoms with Crippen LogP contribution in [0.1, 0.15) is 49.9 Å². The topological polar surface area (TPSA) is 71.5 Å². The molecule has 2 aromatic rings. The van der Waals surface area contributed by atoms with Crippen molar-refractivity contribution in [2.75, 3.05) is 19.0 Å². The molecule has 6 nitrogen and oxygen atoms in total. The summed E-state index contributed by atoms with van der Waals surface area (Å²) in [6.45, 7) is 4.61. The van der Waals surface area contributed by atoms with Gasteiger partial charge in [-0.15, -0.1) is 0 Å². The molecule has 1 aliphatic rings. The molecule has 1 aromatic carbocycles. The second-order valence-corrected chi connectivity index (χ2v) is 7.43. The molecule has 0 bridgehead atoms. The van der Waals surface area contributed by atoms with Crippen LogP contribution >= 0.6 is 0 Å². The zero-order valence-corrected chi connectivity index (χ0v) is 17.4. The van der Waals surface area contributed by atoms with Crippen LogP contribution in [0.4, 0.5) is 5.82 Å². The van der Waals surface area contributed by atoms with E-state index in [2.05, 4.69) is 17.2 Å².